The average molecular weight is 204 g/mol. The first kappa shape index (κ1) is 12.2. The van der Waals surface area contributed by atoms with Crippen molar-refractivity contribution in [2.24, 2.45) is 10.8 Å². The first-order chi connectivity index (χ1) is 6.67. The first-order valence-electron chi connectivity index (χ1n) is 5.38. The summed E-state index contributed by atoms with van der Waals surface area (Å²) < 4.78 is 5.36. The molecule has 0 bridgehead atoms. The van der Waals surface area contributed by atoms with Gasteiger partial charge in [0.05, 0.1) is 0 Å². The van der Waals surface area contributed by atoms with Crippen LogP contribution in [0.1, 0.15) is 41.5 Å². The van der Waals surface area contributed by atoms with Gasteiger partial charge in [0.1, 0.15) is 0 Å². The molecule has 0 N–H and O–H groups in total. The Labute approximate surface area is 93.6 Å². The molecule has 0 saturated carbocycles. The smallest absolute Gasteiger partial charge is 0.157 e. The van der Waals surface area contributed by atoms with Gasteiger partial charge in [-0.1, -0.05) is 23.7 Å². The summed E-state index contributed by atoms with van der Waals surface area (Å²) in [4.78, 5) is 0. The Balaban J connectivity index is 2.47. The van der Waals surface area contributed by atoms with Crippen molar-refractivity contribution in [1.82, 2.24) is 0 Å². The molecule has 0 aromatic carbocycles. The van der Waals surface area contributed by atoms with Gasteiger partial charge in [-0.2, -0.15) is 0 Å². The summed E-state index contributed by atoms with van der Waals surface area (Å²) in [6.07, 6.45) is 0.0816. The van der Waals surface area contributed by atoms with Gasteiger partial charge in [-0.05, 0) is 41.5 Å². The molecule has 1 nitrogen and oxygen atoms in total. The van der Waals surface area contributed by atoms with E-state index in [4.69, 9.17) is 4.74 Å². The highest BCUT2D eigenvalue weighted by atomic mass is 16.6. The predicted molar refractivity (Wildman–Crippen MR) is 63.1 cm³/mol. The van der Waals surface area contributed by atoms with Crippen LogP contribution in [0.2, 0.25) is 0 Å². The number of hydrogen-bond acceptors (Lipinski definition) is 1. The fourth-order valence-electron chi connectivity index (χ4n) is 0.907. The molecule has 1 saturated heterocycles. The van der Waals surface area contributed by atoms with Crippen LogP contribution in [-0.4, -0.2) is 12.2 Å². The second kappa shape index (κ2) is 3.92. The summed E-state index contributed by atoms with van der Waals surface area (Å²) in [6.45, 7) is 12.6. The maximum absolute atomic E-state index is 5.36. The Bertz CT molecular complexity index is 307. The Morgan fingerprint density at radius 1 is 0.733 bits per heavy atom. The Hall–Kier alpha value is -0.920. The molecule has 0 amide bonds. The van der Waals surface area contributed by atoms with Gasteiger partial charge in [0.15, 0.2) is 12.2 Å². The van der Waals surface area contributed by atoms with E-state index in [1.54, 1.807) is 0 Å². The lowest BCUT2D eigenvalue weighted by Crippen LogP contribution is -2.02. The molecule has 0 aromatic rings. The van der Waals surface area contributed by atoms with E-state index >= 15 is 0 Å². The first-order valence-corrected chi connectivity index (χ1v) is 5.38. The topological polar surface area (TPSA) is 12.5 Å². The highest BCUT2D eigenvalue weighted by molar-refractivity contribution is 5.27. The molecular formula is C14H20O. The fraction of sp³-hybridized carbons (Fsp3) is 0.714. The maximum atomic E-state index is 5.36. The zero-order valence-electron chi connectivity index (χ0n) is 10.6. The minimum Gasteiger partial charge on any atom is -0.342 e. The molecule has 82 valence electrons. The van der Waals surface area contributed by atoms with Gasteiger partial charge in [0, 0.05) is 10.8 Å². The molecule has 15 heavy (non-hydrogen) atoms. The minimum absolute atomic E-state index is 0.0408. The molecule has 1 fully saturated rings. The quantitative estimate of drug-likeness (QED) is 0.436. The number of hydrogen-bond donors (Lipinski definition) is 0. The third-order valence-corrected chi connectivity index (χ3v) is 1.67. The van der Waals surface area contributed by atoms with Gasteiger partial charge in [-0.15, -0.1) is 0 Å². The van der Waals surface area contributed by atoms with Crippen molar-refractivity contribution in [1.29, 1.82) is 0 Å². The summed E-state index contributed by atoms with van der Waals surface area (Å²) in [6, 6.07) is 0. The van der Waals surface area contributed by atoms with Crippen molar-refractivity contribution in [2.75, 3.05) is 0 Å². The maximum Gasteiger partial charge on any atom is 0.157 e. The van der Waals surface area contributed by atoms with Gasteiger partial charge in [-0.25, -0.2) is 0 Å². The number of rotatable bonds is 0. The standard InChI is InChI=1S/C14H20O/c1-13(2,3)9-7-11-12(15-11)8-10-14(4,5)6/h11-12H,1-6H3. The van der Waals surface area contributed by atoms with Crippen LogP contribution in [0, 0.1) is 34.5 Å². The molecule has 0 aliphatic carbocycles. The molecule has 2 atom stereocenters. The average Bonchev–Trinajstić information content (AvgIpc) is 2.73. The van der Waals surface area contributed by atoms with Crippen molar-refractivity contribution >= 4 is 0 Å². The van der Waals surface area contributed by atoms with Gasteiger partial charge in [0.25, 0.3) is 0 Å². The Morgan fingerprint density at radius 2 is 1.07 bits per heavy atom. The number of ether oxygens (including phenoxy) is 1. The van der Waals surface area contributed by atoms with Crippen LogP contribution in [0.15, 0.2) is 0 Å². The van der Waals surface area contributed by atoms with E-state index in [0.717, 1.165) is 0 Å². The Morgan fingerprint density at radius 3 is 1.33 bits per heavy atom. The van der Waals surface area contributed by atoms with E-state index in [9.17, 15) is 0 Å². The van der Waals surface area contributed by atoms with Crippen molar-refractivity contribution < 1.29 is 4.74 Å². The molecule has 0 aromatic heterocycles. The highest BCUT2D eigenvalue weighted by Crippen LogP contribution is 2.22. The normalized spacial score (nSPS) is 24.7. The summed E-state index contributed by atoms with van der Waals surface area (Å²) in [5.74, 6) is 12.6. The van der Waals surface area contributed by atoms with Crippen LogP contribution in [0.5, 0.6) is 0 Å². The molecule has 0 spiro atoms. The van der Waals surface area contributed by atoms with Crippen molar-refractivity contribution in [2.45, 2.75) is 53.8 Å². The lowest BCUT2D eigenvalue weighted by Gasteiger charge is -2.06. The van der Waals surface area contributed by atoms with E-state index in [1.807, 2.05) is 0 Å². The SMILES string of the molecule is CC(C)(C)C#CC1OC1C#CC(C)(C)C. The van der Waals surface area contributed by atoms with Gasteiger partial charge in [0.2, 0.25) is 0 Å². The molecular weight excluding hydrogens is 184 g/mol. The van der Waals surface area contributed by atoms with Crippen LogP contribution in [0.25, 0.3) is 0 Å². The van der Waals surface area contributed by atoms with Crippen molar-refractivity contribution in [3.63, 3.8) is 0 Å². The zero-order chi connectivity index (χ0) is 11.7. The van der Waals surface area contributed by atoms with E-state index in [2.05, 4.69) is 65.2 Å². The van der Waals surface area contributed by atoms with Gasteiger partial charge in [-0.3, -0.25) is 0 Å². The molecule has 1 heteroatoms. The molecule has 1 rings (SSSR count). The molecule has 1 heterocycles. The van der Waals surface area contributed by atoms with Crippen LogP contribution in [0.4, 0.5) is 0 Å². The molecule has 2 unspecified atom stereocenters. The molecule has 1 aliphatic heterocycles. The third-order valence-electron chi connectivity index (χ3n) is 1.67. The number of epoxide rings is 1. The lowest BCUT2D eigenvalue weighted by atomic mass is 9.97. The summed E-state index contributed by atoms with van der Waals surface area (Å²) in [5.41, 5.74) is 0.0991. The predicted octanol–water partition coefficient (Wildman–Crippen LogP) is 2.85. The van der Waals surface area contributed by atoms with Gasteiger partial charge < -0.3 is 4.74 Å². The van der Waals surface area contributed by atoms with Crippen LogP contribution >= 0.6 is 0 Å². The van der Waals surface area contributed by atoms with E-state index in [1.165, 1.54) is 0 Å². The van der Waals surface area contributed by atoms with Crippen LogP contribution < -0.4 is 0 Å². The van der Waals surface area contributed by atoms with E-state index < -0.39 is 0 Å². The second-order valence-corrected chi connectivity index (χ2v) is 6.02. The zero-order valence-corrected chi connectivity index (χ0v) is 10.6. The van der Waals surface area contributed by atoms with Crippen LogP contribution in [-0.2, 0) is 4.74 Å². The summed E-state index contributed by atoms with van der Waals surface area (Å²) >= 11 is 0. The summed E-state index contributed by atoms with van der Waals surface area (Å²) in [5, 5.41) is 0. The third kappa shape index (κ3) is 5.50. The Kier molecular flexibility index (Phi) is 3.17. The monoisotopic (exact) mass is 204 g/mol. The largest absolute Gasteiger partial charge is 0.342 e. The van der Waals surface area contributed by atoms with Gasteiger partial charge >= 0.3 is 0 Å². The van der Waals surface area contributed by atoms with Crippen molar-refractivity contribution in [3.05, 3.63) is 0 Å². The molecule has 1 aliphatic rings. The van der Waals surface area contributed by atoms with E-state index in [-0.39, 0.29) is 23.0 Å². The highest BCUT2D eigenvalue weighted by Gasteiger charge is 2.36. The van der Waals surface area contributed by atoms with Crippen molar-refractivity contribution in [3.8, 4) is 23.7 Å². The minimum atomic E-state index is 0.0408. The fourth-order valence-corrected chi connectivity index (χ4v) is 0.907. The van der Waals surface area contributed by atoms with Crippen LogP contribution in [0.3, 0.4) is 0 Å². The summed E-state index contributed by atoms with van der Waals surface area (Å²) in [7, 11) is 0. The second-order valence-electron chi connectivity index (χ2n) is 6.02. The lowest BCUT2D eigenvalue weighted by molar-refractivity contribution is 0.420. The molecule has 0 radical (unpaired) electrons. The van der Waals surface area contributed by atoms with E-state index in [0.29, 0.717) is 0 Å².